The first-order valence-corrected chi connectivity index (χ1v) is 10.2. The predicted molar refractivity (Wildman–Crippen MR) is 109 cm³/mol. The van der Waals surface area contributed by atoms with E-state index in [1.165, 1.54) is 6.92 Å². The lowest BCUT2D eigenvalue weighted by molar-refractivity contribution is -0.150. The Morgan fingerprint density at radius 1 is 1.10 bits per heavy atom. The molecule has 0 radical (unpaired) electrons. The van der Waals surface area contributed by atoms with Crippen LogP contribution in [0, 0.1) is 5.92 Å². The molecule has 1 saturated heterocycles. The van der Waals surface area contributed by atoms with Crippen molar-refractivity contribution in [3.8, 4) is 0 Å². The Kier molecular flexibility index (Phi) is 9.85. The normalized spacial score (nSPS) is 19.9. The SMILES string of the molecule is CC(C)CC(NC(=O)C(N)CC(N)=O)C(=O)NC(C(=O)N1CCCC1C(=O)O)C(C)O. The van der Waals surface area contributed by atoms with Crippen molar-refractivity contribution in [2.24, 2.45) is 17.4 Å². The van der Waals surface area contributed by atoms with Crippen LogP contribution in [0.15, 0.2) is 0 Å². The van der Waals surface area contributed by atoms with E-state index in [1.807, 2.05) is 13.8 Å². The number of hydrogen-bond acceptors (Lipinski definition) is 7. The molecule has 0 bridgehead atoms. The van der Waals surface area contributed by atoms with E-state index in [0.29, 0.717) is 6.42 Å². The van der Waals surface area contributed by atoms with Crippen LogP contribution in [0.3, 0.4) is 0 Å². The average molecular weight is 444 g/mol. The number of nitrogens with one attached hydrogen (secondary N) is 2. The van der Waals surface area contributed by atoms with Crippen molar-refractivity contribution in [2.45, 2.75) is 76.7 Å². The molecule has 1 heterocycles. The summed E-state index contributed by atoms with van der Waals surface area (Å²) in [4.78, 5) is 61.4. The third-order valence-electron chi connectivity index (χ3n) is 4.97. The van der Waals surface area contributed by atoms with Gasteiger partial charge in [0, 0.05) is 6.54 Å². The van der Waals surface area contributed by atoms with Gasteiger partial charge < -0.3 is 37.2 Å². The zero-order valence-electron chi connectivity index (χ0n) is 18.0. The number of rotatable bonds is 11. The third kappa shape index (κ3) is 7.79. The lowest BCUT2D eigenvalue weighted by Crippen LogP contribution is -2.60. The number of aliphatic carboxylic acids is 1. The van der Waals surface area contributed by atoms with Crippen LogP contribution in [0.4, 0.5) is 0 Å². The van der Waals surface area contributed by atoms with Gasteiger partial charge in [-0.1, -0.05) is 13.8 Å². The van der Waals surface area contributed by atoms with Gasteiger partial charge in [-0.05, 0) is 32.1 Å². The van der Waals surface area contributed by atoms with E-state index in [4.69, 9.17) is 11.5 Å². The lowest BCUT2D eigenvalue weighted by atomic mass is 10.0. The number of carbonyl (C=O) groups excluding carboxylic acids is 4. The predicted octanol–water partition coefficient (Wildman–Crippen LogP) is -2.34. The molecule has 0 saturated carbocycles. The maximum atomic E-state index is 12.9. The molecule has 4 amide bonds. The van der Waals surface area contributed by atoms with E-state index in [9.17, 15) is 34.2 Å². The van der Waals surface area contributed by atoms with Crippen molar-refractivity contribution in [3.05, 3.63) is 0 Å². The summed E-state index contributed by atoms with van der Waals surface area (Å²) in [5, 5.41) is 24.3. The number of carboxylic acid groups (broad SMARTS) is 1. The minimum atomic E-state index is -1.39. The first-order chi connectivity index (χ1) is 14.3. The Morgan fingerprint density at radius 3 is 2.19 bits per heavy atom. The molecular weight excluding hydrogens is 410 g/mol. The molecule has 8 N–H and O–H groups in total. The van der Waals surface area contributed by atoms with Crippen LogP contribution in [0.25, 0.3) is 0 Å². The molecule has 5 unspecified atom stereocenters. The molecule has 0 spiro atoms. The monoisotopic (exact) mass is 443 g/mol. The fourth-order valence-electron chi connectivity index (χ4n) is 3.40. The molecule has 176 valence electrons. The van der Waals surface area contributed by atoms with Gasteiger partial charge in [-0.3, -0.25) is 19.2 Å². The smallest absolute Gasteiger partial charge is 0.326 e. The van der Waals surface area contributed by atoms with Crippen molar-refractivity contribution in [1.82, 2.24) is 15.5 Å². The molecule has 1 aliphatic rings. The lowest BCUT2D eigenvalue weighted by Gasteiger charge is -2.30. The van der Waals surface area contributed by atoms with Crippen molar-refractivity contribution in [2.75, 3.05) is 6.54 Å². The fourth-order valence-corrected chi connectivity index (χ4v) is 3.40. The van der Waals surface area contributed by atoms with Crippen molar-refractivity contribution < 1.29 is 34.2 Å². The van der Waals surface area contributed by atoms with Gasteiger partial charge >= 0.3 is 5.97 Å². The van der Waals surface area contributed by atoms with Gasteiger partial charge in [0.2, 0.25) is 23.6 Å². The Labute approximate surface area is 180 Å². The number of hydrogen-bond donors (Lipinski definition) is 6. The zero-order valence-corrected chi connectivity index (χ0v) is 18.0. The van der Waals surface area contributed by atoms with Crippen LogP contribution in [0.2, 0.25) is 0 Å². The van der Waals surface area contributed by atoms with Crippen LogP contribution < -0.4 is 22.1 Å². The largest absolute Gasteiger partial charge is 0.480 e. The molecule has 0 aromatic carbocycles. The Hall–Kier alpha value is -2.73. The Balaban J connectivity index is 2.96. The first-order valence-electron chi connectivity index (χ1n) is 10.2. The second-order valence-corrected chi connectivity index (χ2v) is 8.22. The number of likely N-dealkylation sites (tertiary alicyclic amines) is 1. The Bertz CT molecular complexity index is 697. The minimum absolute atomic E-state index is 0.0286. The zero-order chi connectivity index (χ0) is 23.9. The van der Waals surface area contributed by atoms with Gasteiger partial charge in [0.25, 0.3) is 0 Å². The summed E-state index contributed by atoms with van der Waals surface area (Å²) in [6.45, 7) is 5.13. The topological polar surface area (TPSA) is 205 Å². The highest BCUT2D eigenvalue weighted by Crippen LogP contribution is 2.19. The maximum absolute atomic E-state index is 12.9. The maximum Gasteiger partial charge on any atom is 0.326 e. The molecule has 12 nitrogen and oxygen atoms in total. The number of amides is 4. The molecule has 1 rings (SSSR count). The molecule has 0 aliphatic carbocycles. The van der Waals surface area contributed by atoms with Gasteiger partial charge in [-0.2, -0.15) is 0 Å². The van der Waals surface area contributed by atoms with E-state index in [-0.39, 0.29) is 25.3 Å². The summed E-state index contributed by atoms with van der Waals surface area (Å²) in [5.41, 5.74) is 10.7. The third-order valence-corrected chi connectivity index (χ3v) is 4.97. The summed E-state index contributed by atoms with van der Waals surface area (Å²) in [5.74, 6) is -4.17. The summed E-state index contributed by atoms with van der Waals surface area (Å²) in [6.07, 6.45) is -0.734. The fraction of sp³-hybridized carbons (Fsp3) is 0.737. The van der Waals surface area contributed by atoms with Gasteiger partial charge in [-0.25, -0.2) is 4.79 Å². The average Bonchev–Trinajstić information content (AvgIpc) is 3.13. The number of primary amides is 1. The molecular formula is C19H33N5O7. The minimum Gasteiger partial charge on any atom is -0.480 e. The molecule has 31 heavy (non-hydrogen) atoms. The number of aliphatic hydroxyl groups is 1. The van der Waals surface area contributed by atoms with E-state index < -0.39 is 66.3 Å². The van der Waals surface area contributed by atoms with Crippen LogP contribution in [0.5, 0.6) is 0 Å². The molecule has 1 fully saturated rings. The summed E-state index contributed by atoms with van der Waals surface area (Å²) >= 11 is 0. The van der Waals surface area contributed by atoms with Crippen LogP contribution in [-0.4, -0.2) is 81.5 Å². The van der Waals surface area contributed by atoms with E-state index in [2.05, 4.69) is 10.6 Å². The van der Waals surface area contributed by atoms with E-state index >= 15 is 0 Å². The quantitative estimate of drug-likeness (QED) is 0.203. The van der Waals surface area contributed by atoms with Gasteiger partial charge in [0.05, 0.1) is 18.6 Å². The van der Waals surface area contributed by atoms with Gasteiger partial charge in [-0.15, -0.1) is 0 Å². The second-order valence-electron chi connectivity index (χ2n) is 8.22. The van der Waals surface area contributed by atoms with Crippen LogP contribution in [0.1, 0.15) is 46.5 Å². The summed E-state index contributed by atoms with van der Waals surface area (Å²) in [7, 11) is 0. The number of carboxylic acids is 1. The Morgan fingerprint density at radius 2 is 1.71 bits per heavy atom. The first kappa shape index (κ1) is 26.3. The standard InChI is InChI=1S/C19H33N5O7/c1-9(2)7-12(22-16(27)11(20)8-14(21)26)17(28)23-15(10(3)25)18(29)24-6-4-5-13(24)19(30)31/h9-13,15,25H,4-8,20H2,1-3H3,(H2,21,26)(H,22,27)(H,23,28)(H,30,31). The molecule has 1 aliphatic heterocycles. The number of carbonyl (C=O) groups is 5. The number of nitrogens with two attached hydrogens (primary N) is 2. The van der Waals surface area contributed by atoms with Crippen LogP contribution in [-0.2, 0) is 24.0 Å². The van der Waals surface area contributed by atoms with E-state index in [1.54, 1.807) is 0 Å². The highest BCUT2D eigenvalue weighted by molar-refractivity contribution is 5.95. The summed E-state index contributed by atoms with van der Waals surface area (Å²) < 4.78 is 0. The van der Waals surface area contributed by atoms with Crippen molar-refractivity contribution in [3.63, 3.8) is 0 Å². The second kappa shape index (κ2) is 11.6. The van der Waals surface area contributed by atoms with Gasteiger partial charge in [0.15, 0.2) is 0 Å². The van der Waals surface area contributed by atoms with Crippen molar-refractivity contribution in [1.29, 1.82) is 0 Å². The van der Waals surface area contributed by atoms with Crippen LogP contribution >= 0.6 is 0 Å². The molecule has 0 aromatic heterocycles. The van der Waals surface area contributed by atoms with Crippen molar-refractivity contribution >= 4 is 29.6 Å². The van der Waals surface area contributed by atoms with E-state index in [0.717, 1.165) is 4.90 Å². The molecule has 5 atom stereocenters. The summed E-state index contributed by atoms with van der Waals surface area (Å²) in [6, 6.07) is -4.74. The number of aliphatic hydroxyl groups excluding tert-OH is 1. The highest BCUT2D eigenvalue weighted by atomic mass is 16.4. The molecule has 0 aromatic rings. The van der Waals surface area contributed by atoms with Gasteiger partial charge in [0.1, 0.15) is 18.1 Å². The number of nitrogens with zero attached hydrogens (tertiary/aromatic N) is 1. The highest BCUT2D eigenvalue weighted by Gasteiger charge is 2.40. The molecule has 12 heteroatoms.